The van der Waals surface area contributed by atoms with Crippen molar-refractivity contribution < 1.29 is 9.53 Å². The number of esters is 1. The minimum atomic E-state index is -0.343. The normalized spacial score (nSPS) is 12.3. The highest BCUT2D eigenvalue weighted by molar-refractivity contribution is 9.10. The maximum atomic E-state index is 12.4. The minimum absolute atomic E-state index is 0.154. The van der Waals surface area contributed by atoms with Crippen molar-refractivity contribution >= 4 is 32.8 Å². The van der Waals surface area contributed by atoms with Gasteiger partial charge in [0.25, 0.3) is 5.56 Å². The number of benzene rings is 1. The van der Waals surface area contributed by atoms with Gasteiger partial charge in [0, 0.05) is 11.0 Å². The van der Waals surface area contributed by atoms with Crippen molar-refractivity contribution in [1.82, 2.24) is 9.55 Å². The van der Waals surface area contributed by atoms with E-state index in [0.29, 0.717) is 17.3 Å². The topological polar surface area (TPSA) is 61.2 Å². The average Bonchev–Trinajstić information content (AvgIpc) is 2.46. The Bertz CT molecular complexity index is 696. The van der Waals surface area contributed by atoms with Gasteiger partial charge in [0.1, 0.15) is 0 Å². The van der Waals surface area contributed by atoms with E-state index in [1.807, 2.05) is 13.0 Å². The van der Waals surface area contributed by atoms with E-state index in [2.05, 4.69) is 20.9 Å². The molecule has 0 aliphatic heterocycles. The summed E-state index contributed by atoms with van der Waals surface area (Å²) in [5, 5.41) is 0.529. The van der Waals surface area contributed by atoms with Gasteiger partial charge in [0.15, 0.2) is 0 Å². The van der Waals surface area contributed by atoms with E-state index in [1.165, 1.54) is 18.0 Å². The van der Waals surface area contributed by atoms with E-state index in [4.69, 9.17) is 4.74 Å². The maximum absolute atomic E-state index is 12.4. The summed E-state index contributed by atoms with van der Waals surface area (Å²) >= 11 is 3.34. The van der Waals surface area contributed by atoms with E-state index in [1.54, 1.807) is 12.1 Å². The van der Waals surface area contributed by atoms with Gasteiger partial charge in [0.05, 0.1) is 30.3 Å². The molecular formula is C14H15BrN2O3. The summed E-state index contributed by atoms with van der Waals surface area (Å²) in [6.07, 6.45) is 2.08. The van der Waals surface area contributed by atoms with Crippen LogP contribution in [0.1, 0.15) is 13.3 Å². The summed E-state index contributed by atoms with van der Waals surface area (Å²) in [7, 11) is 1.35. The van der Waals surface area contributed by atoms with Crippen LogP contribution in [0.5, 0.6) is 0 Å². The summed E-state index contributed by atoms with van der Waals surface area (Å²) in [5.41, 5.74) is 0.485. The molecule has 0 saturated heterocycles. The Hall–Kier alpha value is -1.69. The first-order valence-corrected chi connectivity index (χ1v) is 7.08. The number of rotatable bonds is 4. The quantitative estimate of drug-likeness (QED) is 0.803. The SMILES string of the molecule is CCC(Cn1cnc2ccc(Br)cc2c1=O)C(=O)OC. The molecule has 106 valence electrons. The van der Waals surface area contributed by atoms with Gasteiger partial charge in [-0.2, -0.15) is 0 Å². The molecular weight excluding hydrogens is 324 g/mol. The summed E-state index contributed by atoms with van der Waals surface area (Å²) < 4.78 is 7.02. The predicted molar refractivity (Wildman–Crippen MR) is 79.5 cm³/mol. The van der Waals surface area contributed by atoms with Crippen molar-refractivity contribution in [3.05, 3.63) is 39.4 Å². The molecule has 2 aromatic rings. The van der Waals surface area contributed by atoms with Gasteiger partial charge in [-0.1, -0.05) is 22.9 Å². The van der Waals surface area contributed by atoms with Gasteiger partial charge in [-0.15, -0.1) is 0 Å². The van der Waals surface area contributed by atoms with Gasteiger partial charge >= 0.3 is 5.97 Å². The molecule has 5 nitrogen and oxygen atoms in total. The van der Waals surface area contributed by atoms with Crippen LogP contribution >= 0.6 is 15.9 Å². The molecule has 1 heterocycles. The van der Waals surface area contributed by atoms with Crippen LogP contribution in [-0.4, -0.2) is 22.6 Å². The van der Waals surface area contributed by atoms with Crippen LogP contribution in [0.2, 0.25) is 0 Å². The second kappa shape index (κ2) is 6.17. The lowest BCUT2D eigenvalue weighted by atomic mass is 10.1. The fraction of sp³-hybridized carbons (Fsp3) is 0.357. The number of hydrogen-bond donors (Lipinski definition) is 0. The lowest BCUT2D eigenvalue weighted by molar-refractivity contribution is -0.146. The Kier molecular flexibility index (Phi) is 4.54. The summed E-state index contributed by atoms with van der Waals surface area (Å²) in [5.74, 6) is -0.655. The Balaban J connectivity index is 2.43. The van der Waals surface area contributed by atoms with Crippen molar-refractivity contribution in [2.45, 2.75) is 19.9 Å². The zero-order chi connectivity index (χ0) is 14.7. The molecule has 1 aromatic carbocycles. The number of nitrogens with zero attached hydrogens (tertiary/aromatic N) is 2. The molecule has 0 amide bonds. The number of carbonyl (C=O) groups excluding carboxylic acids is 1. The van der Waals surface area contributed by atoms with Gasteiger partial charge in [-0.05, 0) is 24.6 Å². The van der Waals surface area contributed by atoms with Crippen molar-refractivity contribution in [2.75, 3.05) is 7.11 Å². The number of aromatic nitrogens is 2. The smallest absolute Gasteiger partial charge is 0.310 e. The van der Waals surface area contributed by atoms with Crippen LogP contribution in [0.3, 0.4) is 0 Å². The molecule has 2 rings (SSSR count). The minimum Gasteiger partial charge on any atom is -0.469 e. The molecule has 1 unspecified atom stereocenters. The van der Waals surface area contributed by atoms with E-state index in [0.717, 1.165) is 4.47 Å². The zero-order valence-corrected chi connectivity index (χ0v) is 12.9. The Morgan fingerprint density at radius 3 is 2.90 bits per heavy atom. The molecule has 0 fully saturated rings. The van der Waals surface area contributed by atoms with E-state index >= 15 is 0 Å². The molecule has 0 aliphatic rings. The number of methoxy groups -OCH3 is 1. The standard InChI is InChI=1S/C14H15BrN2O3/c1-3-9(14(19)20-2)7-17-8-16-12-5-4-10(15)6-11(12)13(17)18/h4-6,8-9H,3,7H2,1-2H3. The second-order valence-corrected chi connectivity index (χ2v) is 5.41. The van der Waals surface area contributed by atoms with Gasteiger partial charge in [0.2, 0.25) is 0 Å². The van der Waals surface area contributed by atoms with Crippen LogP contribution in [0, 0.1) is 5.92 Å². The molecule has 0 saturated carbocycles. The third-order valence-electron chi connectivity index (χ3n) is 3.23. The molecule has 1 aromatic heterocycles. The third kappa shape index (κ3) is 2.90. The first kappa shape index (κ1) is 14.7. The van der Waals surface area contributed by atoms with Crippen molar-refractivity contribution in [1.29, 1.82) is 0 Å². The predicted octanol–water partition coefficient (Wildman–Crippen LogP) is 2.36. The van der Waals surface area contributed by atoms with Gasteiger partial charge in [-0.3, -0.25) is 14.2 Å². The maximum Gasteiger partial charge on any atom is 0.310 e. The number of halogens is 1. The molecule has 20 heavy (non-hydrogen) atoms. The van der Waals surface area contributed by atoms with Crippen LogP contribution < -0.4 is 5.56 Å². The highest BCUT2D eigenvalue weighted by Gasteiger charge is 2.18. The second-order valence-electron chi connectivity index (χ2n) is 4.49. The lowest BCUT2D eigenvalue weighted by Gasteiger charge is -2.14. The van der Waals surface area contributed by atoms with Crippen molar-refractivity contribution in [3.63, 3.8) is 0 Å². The molecule has 0 aliphatic carbocycles. The summed E-state index contributed by atoms with van der Waals surface area (Å²) in [6.45, 7) is 2.16. The van der Waals surface area contributed by atoms with E-state index < -0.39 is 0 Å². The molecule has 0 N–H and O–H groups in total. The molecule has 0 radical (unpaired) electrons. The molecule has 1 atom stereocenters. The van der Waals surface area contributed by atoms with Gasteiger partial charge in [-0.25, -0.2) is 4.98 Å². The zero-order valence-electron chi connectivity index (χ0n) is 11.3. The van der Waals surface area contributed by atoms with Gasteiger partial charge < -0.3 is 4.74 Å². The fourth-order valence-electron chi connectivity index (χ4n) is 2.04. The Morgan fingerprint density at radius 2 is 2.25 bits per heavy atom. The van der Waals surface area contributed by atoms with E-state index in [9.17, 15) is 9.59 Å². The van der Waals surface area contributed by atoms with Crippen molar-refractivity contribution in [2.24, 2.45) is 5.92 Å². The number of ether oxygens (including phenoxy) is 1. The largest absolute Gasteiger partial charge is 0.469 e. The Morgan fingerprint density at radius 1 is 1.50 bits per heavy atom. The van der Waals surface area contributed by atoms with Crippen LogP contribution in [-0.2, 0) is 16.1 Å². The summed E-state index contributed by atoms with van der Waals surface area (Å²) in [4.78, 5) is 28.2. The van der Waals surface area contributed by atoms with Crippen LogP contribution in [0.4, 0.5) is 0 Å². The molecule has 0 spiro atoms. The summed E-state index contributed by atoms with van der Waals surface area (Å²) in [6, 6.07) is 5.35. The average molecular weight is 339 g/mol. The number of carbonyl (C=O) groups is 1. The van der Waals surface area contributed by atoms with Crippen LogP contribution in [0.15, 0.2) is 33.8 Å². The first-order valence-electron chi connectivity index (χ1n) is 6.29. The van der Waals surface area contributed by atoms with Crippen molar-refractivity contribution in [3.8, 4) is 0 Å². The number of hydrogen-bond acceptors (Lipinski definition) is 4. The highest BCUT2D eigenvalue weighted by Crippen LogP contribution is 2.15. The molecule has 6 heteroatoms. The van der Waals surface area contributed by atoms with E-state index in [-0.39, 0.29) is 24.0 Å². The fourth-order valence-corrected chi connectivity index (χ4v) is 2.40. The monoisotopic (exact) mass is 338 g/mol. The molecule has 0 bridgehead atoms. The lowest BCUT2D eigenvalue weighted by Crippen LogP contribution is -2.28. The van der Waals surface area contributed by atoms with Crippen LogP contribution in [0.25, 0.3) is 10.9 Å². The number of fused-ring (bicyclic) bond motifs is 1. The third-order valence-corrected chi connectivity index (χ3v) is 3.72. The highest BCUT2D eigenvalue weighted by atomic mass is 79.9. The first-order chi connectivity index (χ1) is 9.56. The Labute approximate surface area is 124 Å².